The van der Waals surface area contributed by atoms with E-state index in [4.69, 9.17) is 9.97 Å². The Morgan fingerprint density at radius 1 is 0.487 bits per heavy atom. The number of pyridine rings is 2. The molecular formula is C37H52N2. The van der Waals surface area contributed by atoms with Gasteiger partial charge in [-0.15, -0.1) is 0 Å². The highest BCUT2D eigenvalue weighted by Gasteiger charge is 2.38. The van der Waals surface area contributed by atoms with Gasteiger partial charge in [-0.1, -0.05) is 126 Å². The van der Waals surface area contributed by atoms with Gasteiger partial charge < -0.3 is 0 Å². The molecule has 4 rings (SSSR count). The van der Waals surface area contributed by atoms with Crippen LogP contribution in [0.4, 0.5) is 0 Å². The van der Waals surface area contributed by atoms with Crippen LogP contribution in [0.2, 0.25) is 0 Å². The fraction of sp³-hybridized carbons (Fsp3) is 0.514. The molecule has 0 N–H and O–H groups in total. The van der Waals surface area contributed by atoms with Crippen LogP contribution in [0.5, 0.6) is 0 Å². The molecule has 2 nitrogen and oxygen atoms in total. The number of hydrogen-bond acceptors (Lipinski definition) is 2. The fourth-order valence-corrected chi connectivity index (χ4v) is 7.14. The second-order valence-corrected chi connectivity index (χ2v) is 15.6. The van der Waals surface area contributed by atoms with Gasteiger partial charge in [-0.25, -0.2) is 0 Å². The lowest BCUT2D eigenvalue weighted by atomic mass is 9.65. The minimum Gasteiger partial charge on any atom is -0.253 e. The van der Waals surface area contributed by atoms with Gasteiger partial charge in [0.15, 0.2) is 0 Å². The zero-order valence-corrected chi connectivity index (χ0v) is 26.9. The molecule has 0 amide bonds. The molecule has 0 bridgehead atoms. The summed E-state index contributed by atoms with van der Waals surface area (Å²) in [6.07, 6.45) is 0. The smallest absolute Gasteiger partial charge is 0.0708 e. The zero-order valence-electron chi connectivity index (χ0n) is 26.9. The van der Waals surface area contributed by atoms with Crippen molar-refractivity contribution in [2.75, 3.05) is 0 Å². The van der Waals surface area contributed by atoms with Crippen molar-refractivity contribution in [3.8, 4) is 0 Å². The summed E-state index contributed by atoms with van der Waals surface area (Å²) in [5, 5.41) is 2.48. The van der Waals surface area contributed by atoms with Crippen LogP contribution in [0.25, 0.3) is 21.8 Å². The summed E-state index contributed by atoms with van der Waals surface area (Å²) in [5.74, 6) is 0.864. The Bertz CT molecular complexity index is 1370. The summed E-state index contributed by atoms with van der Waals surface area (Å²) >= 11 is 0. The van der Waals surface area contributed by atoms with Gasteiger partial charge in [0.05, 0.1) is 11.0 Å². The van der Waals surface area contributed by atoms with E-state index in [0.717, 1.165) is 11.0 Å². The predicted molar refractivity (Wildman–Crippen MR) is 172 cm³/mol. The van der Waals surface area contributed by atoms with Gasteiger partial charge in [-0.05, 0) is 58.4 Å². The van der Waals surface area contributed by atoms with Gasteiger partial charge in [0.2, 0.25) is 0 Å². The number of nitrogens with zero attached hydrogens (tertiary/aromatic N) is 2. The van der Waals surface area contributed by atoms with Crippen LogP contribution in [0.15, 0.2) is 66.7 Å². The van der Waals surface area contributed by atoms with E-state index in [1.165, 1.54) is 27.7 Å². The van der Waals surface area contributed by atoms with E-state index in [0.29, 0.717) is 11.8 Å². The van der Waals surface area contributed by atoms with Crippen molar-refractivity contribution in [3.63, 3.8) is 0 Å². The first-order valence-electron chi connectivity index (χ1n) is 14.5. The topological polar surface area (TPSA) is 25.8 Å². The number of hydrogen-bond donors (Lipinski definition) is 0. The standard InChI is InChI=1S/C19H27N.C18H25N/c1-13-12-16(17(18(2,3)4)19(5,6)7)20-15-11-9-8-10-14(13)15;1-17(2,3)16(18(4,5)6)15-12-11-13-9-7-8-10-14(13)19-15/h8-12,17H,1-7H3;7-12,16H,1-6H3. The molecule has 0 spiro atoms. The summed E-state index contributed by atoms with van der Waals surface area (Å²) in [5.41, 5.74) is 6.75. The molecule has 210 valence electrons. The summed E-state index contributed by atoms with van der Waals surface area (Å²) in [6, 6.07) is 23.4. The van der Waals surface area contributed by atoms with Crippen LogP contribution < -0.4 is 0 Å². The number of fused-ring (bicyclic) bond motifs is 2. The number of rotatable bonds is 2. The van der Waals surface area contributed by atoms with Gasteiger partial charge >= 0.3 is 0 Å². The zero-order chi connectivity index (χ0) is 29.4. The number of benzene rings is 2. The summed E-state index contributed by atoms with van der Waals surface area (Å²) < 4.78 is 0. The molecular weight excluding hydrogens is 472 g/mol. The molecule has 2 aromatic heterocycles. The summed E-state index contributed by atoms with van der Waals surface area (Å²) in [6.45, 7) is 29.9. The SMILES string of the molecule is CC(C)(C)C(c1ccc2ccccc2n1)C(C)(C)C.Cc1cc(C(C(C)(C)C)C(C)(C)C)nc2ccccc12. The van der Waals surface area contributed by atoms with E-state index in [2.05, 4.69) is 157 Å². The molecule has 0 aliphatic carbocycles. The Morgan fingerprint density at radius 3 is 1.46 bits per heavy atom. The molecule has 0 atom stereocenters. The Morgan fingerprint density at radius 2 is 0.923 bits per heavy atom. The van der Waals surface area contributed by atoms with Gasteiger partial charge in [-0.2, -0.15) is 0 Å². The summed E-state index contributed by atoms with van der Waals surface area (Å²) in [4.78, 5) is 9.88. The van der Waals surface area contributed by atoms with E-state index < -0.39 is 0 Å². The van der Waals surface area contributed by atoms with Crippen molar-refractivity contribution >= 4 is 21.8 Å². The second kappa shape index (κ2) is 11.0. The van der Waals surface area contributed by atoms with E-state index in [-0.39, 0.29) is 21.7 Å². The minimum atomic E-state index is 0.195. The highest BCUT2D eigenvalue weighted by atomic mass is 14.7. The molecule has 0 saturated carbocycles. The first-order valence-corrected chi connectivity index (χ1v) is 14.5. The molecule has 0 fully saturated rings. The lowest BCUT2D eigenvalue weighted by molar-refractivity contribution is 0.172. The van der Waals surface area contributed by atoms with Gasteiger partial charge in [0.1, 0.15) is 0 Å². The monoisotopic (exact) mass is 524 g/mol. The molecule has 2 heterocycles. The number of para-hydroxylation sites is 2. The van der Waals surface area contributed by atoms with Crippen molar-refractivity contribution in [2.24, 2.45) is 21.7 Å². The van der Waals surface area contributed by atoms with E-state index in [1.807, 2.05) is 0 Å². The Hall–Kier alpha value is -2.74. The fourth-order valence-electron chi connectivity index (χ4n) is 7.14. The third-order valence-corrected chi connectivity index (χ3v) is 7.62. The minimum absolute atomic E-state index is 0.195. The van der Waals surface area contributed by atoms with Crippen molar-refractivity contribution in [2.45, 2.75) is 102 Å². The van der Waals surface area contributed by atoms with Crippen LogP contribution in [0.3, 0.4) is 0 Å². The van der Waals surface area contributed by atoms with Crippen LogP contribution in [-0.2, 0) is 0 Å². The molecule has 0 unspecified atom stereocenters. The van der Waals surface area contributed by atoms with Gasteiger partial charge in [0.25, 0.3) is 0 Å². The van der Waals surface area contributed by atoms with E-state index in [9.17, 15) is 0 Å². The summed E-state index contributed by atoms with van der Waals surface area (Å²) in [7, 11) is 0. The molecule has 0 aliphatic rings. The lowest BCUT2D eigenvalue weighted by Crippen LogP contribution is -2.31. The average molecular weight is 525 g/mol. The predicted octanol–water partition coefficient (Wildman–Crippen LogP) is 11.1. The normalized spacial score (nSPS) is 13.2. The Balaban J connectivity index is 0.000000216. The maximum atomic E-state index is 4.97. The van der Waals surface area contributed by atoms with E-state index >= 15 is 0 Å². The number of aryl methyl sites for hydroxylation is 1. The molecule has 0 saturated heterocycles. The van der Waals surface area contributed by atoms with Crippen molar-refractivity contribution < 1.29 is 0 Å². The Labute approximate surface area is 238 Å². The van der Waals surface area contributed by atoms with Gasteiger partial charge in [0, 0.05) is 34.0 Å². The molecule has 4 aromatic rings. The maximum absolute atomic E-state index is 4.97. The lowest BCUT2D eigenvalue weighted by Gasteiger charge is -2.40. The van der Waals surface area contributed by atoms with Crippen LogP contribution >= 0.6 is 0 Å². The van der Waals surface area contributed by atoms with Crippen molar-refractivity contribution in [1.29, 1.82) is 0 Å². The number of aromatic nitrogens is 2. The van der Waals surface area contributed by atoms with Crippen molar-refractivity contribution in [3.05, 3.63) is 83.7 Å². The van der Waals surface area contributed by atoms with Crippen molar-refractivity contribution in [1.82, 2.24) is 9.97 Å². The molecule has 2 heteroatoms. The average Bonchev–Trinajstić information content (AvgIpc) is 2.75. The molecule has 2 aromatic carbocycles. The Kier molecular flexibility index (Phi) is 8.71. The molecule has 39 heavy (non-hydrogen) atoms. The third kappa shape index (κ3) is 7.47. The van der Waals surface area contributed by atoms with Gasteiger partial charge in [-0.3, -0.25) is 9.97 Å². The maximum Gasteiger partial charge on any atom is 0.0708 e. The van der Waals surface area contributed by atoms with E-state index in [1.54, 1.807) is 0 Å². The molecule has 0 aliphatic heterocycles. The molecule has 0 radical (unpaired) electrons. The third-order valence-electron chi connectivity index (χ3n) is 7.62. The second-order valence-electron chi connectivity index (χ2n) is 15.6. The quantitative estimate of drug-likeness (QED) is 0.260. The first-order chi connectivity index (χ1) is 17.8. The van der Waals surface area contributed by atoms with Crippen LogP contribution in [0, 0.1) is 28.6 Å². The largest absolute Gasteiger partial charge is 0.253 e. The highest BCUT2D eigenvalue weighted by Crippen LogP contribution is 2.48. The first kappa shape index (κ1) is 30.8. The van der Waals surface area contributed by atoms with Crippen LogP contribution in [0.1, 0.15) is 112 Å². The highest BCUT2D eigenvalue weighted by molar-refractivity contribution is 5.82. The van der Waals surface area contributed by atoms with Crippen LogP contribution in [-0.4, -0.2) is 9.97 Å².